The number of hydrogen-bond acceptors (Lipinski definition) is 0. The van der Waals surface area contributed by atoms with Gasteiger partial charge in [0, 0.05) is 0 Å². The molecule has 0 bridgehead atoms. The molecule has 3 heteroatoms. The number of halogens is 2. The van der Waals surface area contributed by atoms with Gasteiger partial charge in [-0.05, 0) is 0 Å². The molecule has 0 aromatic rings. The van der Waals surface area contributed by atoms with E-state index < -0.39 is 0 Å². The Morgan fingerprint density at radius 3 is 1.26 bits per heavy atom. The van der Waals surface area contributed by atoms with Crippen molar-refractivity contribution in [2.45, 2.75) is 49.0 Å². The molecule has 0 saturated carbocycles. The van der Waals surface area contributed by atoms with Gasteiger partial charge in [0.1, 0.15) is 0 Å². The van der Waals surface area contributed by atoms with Crippen LogP contribution in [-0.4, -0.2) is 0 Å². The van der Waals surface area contributed by atoms with Crippen molar-refractivity contribution >= 4 is 0 Å². The van der Waals surface area contributed by atoms with E-state index in [2.05, 4.69) is 65.8 Å². The minimum atomic E-state index is -0.131. The van der Waals surface area contributed by atoms with Gasteiger partial charge in [-0.3, -0.25) is 0 Å². The van der Waals surface area contributed by atoms with Crippen LogP contribution < -0.4 is 24.8 Å². The van der Waals surface area contributed by atoms with Crippen molar-refractivity contribution in [3.63, 3.8) is 0 Å². The number of rotatable bonds is 2. The average molecular weight is 333 g/mol. The molecule has 0 amide bonds. The van der Waals surface area contributed by atoms with E-state index in [0.717, 1.165) is 0 Å². The van der Waals surface area contributed by atoms with Gasteiger partial charge < -0.3 is 24.8 Å². The summed E-state index contributed by atoms with van der Waals surface area (Å²) in [6, 6.07) is 0. The van der Waals surface area contributed by atoms with Gasteiger partial charge >= 0.3 is 115 Å². The molecule has 2 aliphatic carbocycles. The van der Waals surface area contributed by atoms with Crippen LogP contribution in [0.3, 0.4) is 0 Å². The summed E-state index contributed by atoms with van der Waals surface area (Å²) in [7, 11) is 0. The third-order valence-electron chi connectivity index (χ3n) is 4.08. The van der Waals surface area contributed by atoms with Gasteiger partial charge in [-0.15, -0.1) is 0 Å². The van der Waals surface area contributed by atoms with Crippen molar-refractivity contribution in [3.8, 4) is 0 Å². The normalized spacial score (nSPS) is 32.3. The molecule has 0 radical (unpaired) electrons. The van der Waals surface area contributed by atoms with E-state index in [0.29, 0.717) is 7.44 Å². The molecule has 0 aromatic carbocycles. The fourth-order valence-electron chi connectivity index (χ4n) is 3.01. The van der Waals surface area contributed by atoms with E-state index in [9.17, 15) is 0 Å². The molecule has 2 unspecified atom stereocenters. The van der Waals surface area contributed by atoms with Crippen molar-refractivity contribution < 1.29 is 44.0 Å². The van der Waals surface area contributed by atoms with Crippen LogP contribution in [0, 0.1) is 0 Å². The van der Waals surface area contributed by atoms with Gasteiger partial charge in [0.25, 0.3) is 0 Å². The predicted molar refractivity (Wildman–Crippen MR) is 71.8 cm³/mol. The zero-order chi connectivity index (χ0) is 12.8. The van der Waals surface area contributed by atoms with Gasteiger partial charge in [-0.2, -0.15) is 0 Å². The number of hydrogen-bond donors (Lipinski definition) is 0. The Kier molecular flexibility index (Phi) is 6.44. The Morgan fingerprint density at radius 1 is 0.737 bits per heavy atom. The molecule has 2 rings (SSSR count). The molecular weight excluding hydrogens is 311 g/mol. The maximum Gasteiger partial charge on any atom is -1.00 e. The molecule has 104 valence electrons. The molecule has 0 aliphatic heterocycles. The Hall–Kier alpha value is 0.254. The van der Waals surface area contributed by atoms with Crippen LogP contribution in [-0.2, 0) is 19.2 Å². The largest absolute Gasteiger partial charge is 1.00 e. The summed E-state index contributed by atoms with van der Waals surface area (Å²) in [5, 5.41) is 0. The smallest absolute Gasteiger partial charge is 1.00 e. The van der Waals surface area contributed by atoms with E-state index in [4.69, 9.17) is 0 Å². The molecule has 2 aliphatic rings. The Bertz CT molecular complexity index is 441. The van der Waals surface area contributed by atoms with Crippen LogP contribution in [0.15, 0.2) is 46.6 Å². The van der Waals surface area contributed by atoms with Crippen LogP contribution >= 0.6 is 0 Å². The molecule has 19 heavy (non-hydrogen) atoms. The summed E-state index contributed by atoms with van der Waals surface area (Å²) in [5.41, 5.74) is 6.00. The quantitative estimate of drug-likeness (QED) is 0.584. The topological polar surface area (TPSA) is 0 Å². The first-order chi connectivity index (χ1) is 7.75. The van der Waals surface area contributed by atoms with Gasteiger partial charge in [0.2, 0.25) is 0 Å². The van der Waals surface area contributed by atoms with E-state index in [-0.39, 0.29) is 44.0 Å². The van der Waals surface area contributed by atoms with E-state index in [1.165, 1.54) is 11.1 Å². The van der Waals surface area contributed by atoms with Crippen LogP contribution in [0.5, 0.6) is 0 Å². The summed E-state index contributed by atoms with van der Waals surface area (Å²) in [6.45, 7) is 13.9. The summed E-state index contributed by atoms with van der Waals surface area (Å²) < 4.78 is 0.712. The molecule has 0 N–H and O–H groups in total. The van der Waals surface area contributed by atoms with Gasteiger partial charge in [0.15, 0.2) is 0 Å². The van der Waals surface area contributed by atoms with Gasteiger partial charge in [-0.25, -0.2) is 0 Å². The SMILES string of the molecule is CC1=C[C](C)([Ti+2][C]2(C)C=C(C)C=C2C)C(C)=C1.[Cl-].[Cl-]. The second-order valence-electron chi connectivity index (χ2n) is 5.96. The van der Waals surface area contributed by atoms with Crippen molar-refractivity contribution in [1.29, 1.82) is 0 Å². The number of allylic oxidation sites excluding steroid dienone is 8. The summed E-state index contributed by atoms with van der Waals surface area (Å²) in [6.07, 6.45) is 9.69. The Labute approximate surface area is 139 Å². The van der Waals surface area contributed by atoms with E-state index >= 15 is 0 Å². The average Bonchev–Trinajstić information content (AvgIpc) is 2.51. The van der Waals surface area contributed by atoms with Crippen molar-refractivity contribution in [3.05, 3.63) is 46.6 Å². The second kappa shape index (κ2) is 6.35. The monoisotopic (exact) mass is 332 g/mol. The van der Waals surface area contributed by atoms with Crippen molar-refractivity contribution in [1.82, 2.24) is 0 Å². The van der Waals surface area contributed by atoms with E-state index in [1.54, 1.807) is 11.1 Å². The van der Waals surface area contributed by atoms with Gasteiger partial charge in [0.05, 0.1) is 0 Å². The molecule has 0 fully saturated rings. The molecule has 0 saturated heterocycles. The third kappa shape index (κ3) is 3.67. The van der Waals surface area contributed by atoms with Crippen LogP contribution in [0.4, 0.5) is 0 Å². The minimum Gasteiger partial charge on any atom is -1.00 e. The molecule has 0 heterocycles. The Morgan fingerprint density at radius 2 is 1.05 bits per heavy atom. The maximum absolute atomic E-state index is 2.49. The van der Waals surface area contributed by atoms with Crippen molar-refractivity contribution in [2.75, 3.05) is 0 Å². The first-order valence-electron chi connectivity index (χ1n) is 6.31. The van der Waals surface area contributed by atoms with Crippen LogP contribution in [0.1, 0.15) is 41.5 Å². The Balaban J connectivity index is 0.00000162. The minimum absolute atomic E-state index is 0. The van der Waals surface area contributed by atoms with Crippen LogP contribution in [0.25, 0.3) is 0 Å². The molecular formula is C16H22Cl2Ti. The third-order valence-corrected chi connectivity index (χ3v) is 7.38. The maximum atomic E-state index is 2.49. The predicted octanol–water partition coefficient (Wildman–Crippen LogP) is -0.753. The summed E-state index contributed by atoms with van der Waals surface area (Å²) in [4.78, 5) is 0. The van der Waals surface area contributed by atoms with E-state index in [1.807, 2.05) is 0 Å². The van der Waals surface area contributed by atoms with Crippen LogP contribution in [0.2, 0.25) is 7.44 Å². The fraction of sp³-hybridized carbons (Fsp3) is 0.500. The standard InChI is InChI=1S/2C8H11.2ClH.Ti/c2*1-6-4-7(2)8(3)5-6;;;/h2*4-5H,1-3H3;2*1H;/q;;;;+2/p-2. The first-order valence-corrected chi connectivity index (χ1v) is 7.87. The zero-order valence-electron chi connectivity index (χ0n) is 12.6. The molecule has 2 atom stereocenters. The molecule has 0 nitrogen and oxygen atoms in total. The second-order valence-corrected chi connectivity index (χ2v) is 9.60. The fourth-order valence-corrected chi connectivity index (χ4v) is 6.48. The van der Waals surface area contributed by atoms with Crippen molar-refractivity contribution in [2.24, 2.45) is 0 Å². The molecule has 0 spiro atoms. The first kappa shape index (κ1) is 19.3. The molecule has 0 aromatic heterocycles. The summed E-state index contributed by atoms with van der Waals surface area (Å²) >= 11 is -0.131. The summed E-state index contributed by atoms with van der Waals surface area (Å²) in [5.74, 6) is 0. The zero-order valence-corrected chi connectivity index (χ0v) is 15.6. The van der Waals surface area contributed by atoms with Gasteiger partial charge in [-0.1, -0.05) is 0 Å².